The molecule has 2 N–H and O–H groups in total. The van der Waals surface area contributed by atoms with Crippen LogP contribution in [0.4, 0.5) is 0 Å². The van der Waals surface area contributed by atoms with E-state index in [0.29, 0.717) is 25.3 Å². The van der Waals surface area contributed by atoms with E-state index >= 15 is 0 Å². The van der Waals surface area contributed by atoms with Gasteiger partial charge in [-0.2, -0.15) is 5.10 Å². The summed E-state index contributed by atoms with van der Waals surface area (Å²) in [5.41, 5.74) is 3.79. The molecule has 1 aliphatic heterocycles. The van der Waals surface area contributed by atoms with Gasteiger partial charge in [-0.05, 0) is 18.4 Å². The second-order valence-corrected chi connectivity index (χ2v) is 6.37. The number of hydrogen-bond acceptors (Lipinski definition) is 4. The normalized spacial score (nSPS) is 13.0. The van der Waals surface area contributed by atoms with Gasteiger partial charge in [0.05, 0.1) is 0 Å². The molecule has 1 amide bonds. The number of benzene rings is 1. The van der Waals surface area contributed by atoms with Crippen molar-refractivity contribution < 1.29 is 9.53 Å². The van der Waals surface area contributed by atoms with Crippen LogP contribution in [-0.2, 0) is 24.2 Å². The Bertz CT molecular complexity index is 690. The average Bonchev–Trinajstić information content (AvgIpc) is 3.08. The number of rotatable bonds is 8. The number of ether oxygens (including phenoxy) is 1. The van der Waals surface area contributed by atoms with Crippen LogP contribution in [0.25, 0.3) is 0 Å². The van der Waals surface area contributed by atoms with Gasteiger partial charge in [0.2, 0.25) is 0 Å². The number of carbonyl (C=O) groups is 1. The highest BCUT2D eigenvalue weighted by molar-refractivity contribution is 5.94. The molecule has 0 unspecified atom stereocenters. The average molecular weight is 379 g/mol. The first-order chi connectivity index (χ1) is 12.3. The second-order valence-electron chi connectivity index (χ2n) is 6.37. The standard InChI is InChI=1S/C19H26N4O2.ClH/c1-25-12-6-5-11-23(14-15-7-3-2-4-8-15)19(24)18-16-13-20-10-9-17(16)21-22-18;/h2-4,7-8,20H,5-6,9-14H2,1H3,(H,21,22);1H. The van der Waals surface area contributed by atoms with Gasteiger partial charge in [0, 0.05) is 57.6 Å². The summed E-state index contributed by atoms with van der Waals surface area (Å²) in [7, 11) is 1.70. The van der Waals surface area contributed by atoms with E-state index in [0.717, 1.165) is 49.2 Å². The molecule has 3 rings (SSSR count). The quantitative estimate of drug-likeness (QED) is 0.692. The van der Waals surface area contributed by atoms with Gasteiger partial charge >= 0.3 is 0 Å². The van der Waals surface area contributed by atoms with Crippen molar-refractivity contribution in [2.24, 2.45) is 0 Å². The molecule has 0 atom stereocenters. The summed E-state index contributed by atoms with van der Waals surface area (Å²) in [6, 6.07) is 10.1. The summed E-state index contributed by atoms with van der Waals surface area (Å²) in [6.45, 7) is 3.65. The molecule has 1 aromatic heterocycles. The number of carbonyl (C=O) groups excluding carboxylic acids is 1. The van der Waals surface area contributed by atoms with Gasteiger partial charge in [-0.15, -0.1) is 12.4 Å². The minimum absolute atomic E-state index is 0. The molecule has 0 fully saturated rings. The van der Waals surface area contributed by atoms with Crippen molar-refractivity contribution in [3.63, 3.8) is 0 Å². The molecule has 0 radical (unpaired) electrons. The lowest BCUT2D eigenvalue weighted by atomic mass is 10.1. The van der Waals surface area contributed by atoms with Gasteiger partial charge in [-0.25, -0.2) is 0 Å². The first-order valence-electron chi connectivity index (χ1n) is 8.88. The molecule has 1 aliphatic rings. The minimum Gasteiger partial charge on any atom is -0.385 e. The van der Waals surface area contributed by atoms with Crippen LogP contribution in [-0.4, -0.2) is 47.8 Å². The van der Waals surface area contributed by atoms with Gasteiger partial charge in [0.15, 0.2) is 5.69 Å². The maximum Gasteiger partial charge on any atom is 0.274 e. The zero-order valence-electron chi connectivity index (χ0n) is 15.2. The first-order valence-corrected chi connectivity index (χ1v) is 8.88. The van der Waals surface area contributed by atoms with Crippen LogP contribution in [0.3, 0.4) is 0 Å². The molecule has 0 saturated carbocycles. The van der Waals surface area contributed by atoms with Crippen molar-refractivity contribution in [3.8, 4) is 0 Å². The molecule has 2 heterocycles. The third-order valence-corrected chi connectivity index (χ3v) is 4.54. The van der Waals surface area contributed by atoms with E-state index < -0.39 is 0 Å². The van der Waals surface area contributed by atoms with E-state index in [2.05, 4.69) is 27.6 Å². The molecular formula is C19H27ClN4O2. The predicted octanol–water partition coefficient (Wildman–Crippen LogP) is 2.55. The lowest BCUT2D eigenvalue weighted by molar-refractivity contribution is 0.0727. The van der Waals surface area contributed by atoms with Crippen molar-refractivity contribution in [2.45, 2.75) is 32.4 Å². The van der Waals surface area contributed by atoms with E-state index in [1.807, 2.05) is 23.1 Å². The molecule has 0 aliphatic carbocycles. The number of nitrogens with one attached hydrogen (secondary N) is 2. The number of halogens is 1. The van der Waals surface area contributed by atoms with Crippen molar-refractivity contribution in [3.05, 3.63) is 52.8 Å². The highest BCUT2D eigenvalue weighted by Gasteiger charge is 2.25. The number of aromatic amines is 1. The first kappa shape index (κ1) is 20.4. The number of fused-ring (bicyclic) bond motifs is 1. The van der Waals surface area contributed by atoms with Crippen molar-refractivity contribution in [1.82, 2.24) is 20.4 Å². The zero-order valence-corrected chi connectivity index (χ0v) is 16.0. The van der Waals surface area contributed by atoms with Crippen LogP contribution >= 0.6 is 12.4 Å². The largest absolute Gasteiger partial charge is 0.385 e. The van der Waals surface area contributed by atoms with Gasteiger partial charge in [-0.3, -0.25) is 9.89 Å². The van der Waals surface area contributed by atoms with E-state index in [9.17, 15) is 4.79 Å². The number of H-pyrrole nitrogens is 1. The summed E-state index contributed by atoms with van der Waals surface area (Å²) in [5, 5.41) is 10.7. The van der Waals surface area contributed by atoms with E-state index in [4.69, 9.17) is 4.74 Å². The molecule has 26 heavy (non-hydrogen) atoms. The smallest absolute Gasteiger partial charge is 0.274 e. The van der Waals surface area contributed by atoms with E-state index in [1.54, 1.807) is 7.11 Å². The van der Waals surface area contributed by atoms with Crippen molar-refractivity contribution >= 4 is 18.3 Å². The third kappa shape index (κ3) is 5.06. The molecule has 2 aromatic rings. The maximum atomic E-state index is 13.1. The van der Waals surface area contributed by atoms with Gasteiger partial charge in [0.25, 0.3) is 5.91 Å². The fourth-order valence-corrected chi connectivity index (χ4v) is 3.16. The highest BCUT2D eigenvalue weighted by Crippen LogP contribution is 2.18. The Morgan fingerprint density at radius 3 is 2.85 bits per heavy atom. The Balaban J connectivity index is 0.00000243. The maximum absolute atomic E-state index is 13.1. The number of unbranched alkanes of at least 4 members (excludes halogenated alkanes) is 1. The van der Waals surface area contributed by atoms with Gasteiger partial charge in [0.1, 0.15) is 0 Å². The molecule has 0 saturated heterocycles. The Morgan fingerprint density at radius 1 is 1.27 bits per heavy atom. The summed E-state index contributed by atoms with van der Waals surface area (Å²) in [4.78, 5) is 15.0. The summed E-state index contributed by atoms with van der Waals surface area (Å²) >= 11 is 0. The van der Waals surface area contributed by atoms with Crippen LogP contribution in [0, 0.1) is 0 Å². The van der Waals surface area contributed by atoms with E-state index in [-0.39, 0.29) is 18.3 Å². The Hall–Kier alpha value is -1.89. The van der Waals surface area contributed by atoms with Crippen LogP contribution in [0.5, 0.6) is 0 Å². The lowest BCUT2D eigenvalue weighted by Crippen LogP contribution is -2.33. The minimum atomic E-state index is 0. The number of methoxy groups -OCH3 is 1. The fourth-order valence-electron chi connectivity index (χ4n) is 3.16. The molecule has 1 aromatic carbocycles. The summed E-state index contributed by atoms with van der Waals surface area (Å²) in [6.07, 6.45) is 2.74. The number of nitrogens with zero attached hydrogens (tertiary/aromatic N) is 2. The lowest BCUT2D eigenvalue weighted by Gasteiger charge is -2.23. The SMILES string of the molecule is COCCCCN(Cc1ccccc1)C(=O)c1n[nH]c2c1CNCC2.Cl. The Kier molecular flexibility index (Phi) is 8.09. The van der Waals surface area contributed by atoms with Crippen molar-refractivity contribution in [2.75, 3.05) is 26.8 Å². The summed E-state index contributed by atoms with van der Waals surface area (Å²) in [5.74, 6) is 0.00229. The Labute approximate surface area is 160 Å². The number of aromatic nitrogens is 2. The highest BCUT2D eigenvalue weighted by atomic mass is 35.5. The van der Waals surface area contributed by atoms with Crippen molar-refractivity contribution in [1.29, 1.82) is 0 Å². The topological polar surface area (TPSA) is 70.2 Å². The van der Waals surface area contributed by atoms with Gasteiger partial charge in [-0.1, -0.05) is 30.3 Å². The van der Waals surface area contributed by atoms with E-state index in [1.165, 1.54) is 0 Å². The zero-order chi connectivity index (χ0) is 17.5. The van der Waals surface area contributed by atoms with Crippen LogP contribution < -0.4 is 5.32 Å². The summed E-state index contributed by atoms with van der Waals surface area (Å²) < 4.78 is 5.12. The Morgan fingerprint density at radius 2 is 2.08 bits per heavy atom. The monoisotopic (exact) mass is 378 g/mol. The molecule has 0 bridgehead atoms. The molecular weight excluding hydrogens is 352 g/mol. The third-order valence-electron chi connectivity index (χ3n) is 4.54. The molecule has 7 heteroatoms. The van der Waals surface area contributed by atoms with Crippen LogP contribution in [0.1, 0.15) is 40.2 Å². The molecule has 0 spiro atoms. The van der Waals surface area contributed by atoms with Gasteiger partial charge < -0.3 is 15.0 Å². The fraction of sp³-hybridized carbons (Fsp3) is 0.474. The van der Waals surface area contributed by atoms with Crippen LogP contribution in [0.2, 0.25) is 0 Å². The molecule has 6 nitrogen and oxygen atoms in total. The number of hydrogen-bond donors (Lipinski definition) is 2. The second kappa shape index (κ2) is 10.3. The van der Waals surface area contributed by atoms with Crippen LogP contribution in [0.15, 0.2) is 30.3 Å². The number of amides is 1. The predicted molar refractivity (Wildman–Crippen MR) is 104 cm³/mol. The molecule has 142 valence electrons.